The van der Waals surface area contributed by atoms with Crippen LogP contribution in [0.1, 0.15) is 45.2 Å². The third-order valence-electron chi connectivity index (χ3n) is 3.75. The molecule has 1 aromatic rings. The van der Waals surface area contributed by atoms with Crippen molar-refractivity contribution in [3.05, 3.63) is 29.8 Å². The van der Waals surface area contributed by atoms with Crippen LogP contribution in [0.5, 0.6) is 5.75 Å². The van der Waals surface area contributed by atoms with Gasteiger partial charge in [-0.1, -0.05) is 12.1 Å². The summed E-state index contributed by atoms with van der Waals surface area (Å²) >= 11 is 0. The van der Waals surface area contributed by atoms with Gasteiger partial charge in [0, 0.05) is 18.9 Å². The fourth-order valence-electron chi connectivity index (χ4n) is 2.66. The van der Waals surface area contributed by atoms with Crippen molar-refractivity contribution in [1.29, 1.82) is 0 Å². The number of ether oxygens (including phenoxy) is 2. The summed E-state index contributed by atoms with van der Waals surface area (Å²) in [5.74, 6) is 0.964. The van der Waals surface area contributed by atoms with E-state index in [0.29, 0.717) is 6.04 Å². The van der Waals surface area contributed by atoms with Gasteiger partial charge in [-0.2, -0.15) is 0 Å². The molecule has 3 unspecified atom stereocenters. The van der Waals surface area contributed by atoms with Gasteiger partial charge in [-0.3, -0.25) is 0 Å². The topological polar surface area (TPSA) is 30.5 Å². The molecule has 1 fully saturated rings. The molecule has 1 aliphatic heterocycles. The van der Waals surface area contributed by atoms with Crippen molar-refractivity contribution in [2.45, 2.75) is 58.0 Å². The van der Waals surface area contributed by atoms with Gasteiger partial charge in [-0.15, -0.1) is 0 Å². The number of hydrogen-bond donors (Lipinski definition) is 1. The molecule has 3 atom stereocenters. The molecule has 0 aromatic heterocycles. The maximum absolute atomic E-state index is 6.12. The van der Waals surface area contributed by atoms with Gasteiger partial charge in [-0.05, 0) is 45.5 Å². The van der Waals surface area contributed by atoms with Crippen molar-refractivity contribution in [3.8, 4) is 5.75 Å². The van der Waals surface area contributed by atoms with Crippen molar-refractivity contribution >= 4 is 0 Å². The predicted octanol–water partition coefficient (Wildman–Crippen LogP) is 3.30. The molecule has 0 radical (unpaired) electrons. The first-order valence-corrected chi connectivity index (χ1v) is 7.17. The highest BCUT2D eigenvalue weighted by atomic mass is 16.5. The van der Waals surface area contributed by atoms with Crippen LogP contribution in [0.4, 0.5) is 0 Å². The second-order valence-corrected chi connectivity index (χ2v) is 5.55. The Kier molecular flexibility index (Phi) is 4.83. The standard InChI is InChI=1S/C16H25NO2/c1-11-8-16(9-12(2)18-11)19-15-7-5-6-14(10-15)13(3)17-4/h5-7,10-13,16-17H,8-9H2,1-4H3. The maximum atomic E-state index is 6.12. The van der Waals surface area contributed by atoms with Gasteiger partial charge in [0.1, 0.15) is 11.9 Å². The highest BCUT2D eigenvalue weighted by Crippen LogP contribution is 2.25. The van der Waals surface area contributed by atoms with Crippen LogP contribution >= 0.6 is 0 Å². The molecular formula is C16H25NO2. The van der Waals surface area contributed by atoms with Crippen LogP contribution in [-0.4, -0.2) is 25.4 Å². The Morgan fingerprint density at radius 3 is 2.58 bits per heavy atom. The van der Waals surface area contributed by atoms with Gasteiger partial charge in [-0.25, -0.2) is 0 Å². The lowest BCUT2D eigenvalue weighted by atomic mass is 10.0. The highest BCUT2D eigenvalue weighted by Gasteiger charge is 2.25. The monoisotopic (exact) mass is 263 g/mol. The van der Waals surface area contributed by atoms with Crippen molar-refractivity contribution in [1.82, 2.24) is 5.32 Å². The zero-order valence-corrected chi connectivity index (χ0v) is 12.3. The van der Waals surface area contributed by atoms with Gasteiger partial charge >= 0.3 is 0 Å². The average molecular weight is 263 g/mol. The molecule has 3 heteroatoms. The molecule has 1 aromatic carbocycles. The van der Waals surface area contributed by atoms with E-state index in [4.69, 9.17) is 9.47 Å². The van der Waals surface area contributed by atoms with Crippen LogP contribution in [0.15, 0.2) is 24.3 Å². The summed E-state index contributed by atoms with van der Waals surface area (Å²) in [4.78, 5) is 0. The Labute approximate surface area is 116 Å². The minimum atomic E-state index is 0.263. The zero-order chi connectivity index (χ0) is 13.8. The van der Waals surface area contributed by atoms with E-state index in [1.165, 1.54) is 5.56 Å². The summed E-state index contributed by atoms with van der Waals surface area (Å²) in [6.45, 7) is 6.38. The molecular weight excluding hydrogens is 238 g/mol. The second kappa shape index (κ2) is 6.40. The molecule has 1 heterocycles. The van der Waals surface area contributed by atoms with E-state index in [1.54, 1.807) is 0 Å². The average Bonchev–Trinajstić information content (AvgIpc) is 2.37. The van der Waals surface area contributed by atoms with Crippen LogP contribution < -0.4 is 10.1 Å². The first-order valence-electron chi connectivity index (χ1n) is 7.17. The molecule has 0 amide bonds. The van der Waals surface area contributed by atoms with E-state index < -0.39 is 0 Å². The number of hydrogen-bond acceptors (Lipinski definition) is 3. The quantitative estimate of drug-likeness (QED) is 0.904. The molecule has 1 saturated heterocycles. The van der Waals surface area contributed by atoms with Gasteiger partial charge < -0.3 is 14.8 Å². The van der Waals surface area contributed by atoms with Crippen LogP contribution in [0, 0.1) is 0 Å². The molecule has 0 bridgehead atoms. The minimum Gasteiger partial charge on any atom is -0.490 e. The number of rotatable bonds is 4. The van der Waals surface area contributed by atoms with Gasteiger partial charge in [0.25, 0.3) is 0 Å². The molecule has 106 valence electrons. The van der Waals surface area contributed by atoms with Crippen molar-refractivity contribution in [2.24, 2.45) is 0 Å². The Bertz CT molecular complexity index is 397. The number of nitrogens with one attached hydrogen (secondary N) is 1. The Balaban J connectivity index is 2.02. The molecule has 19 heavy (non-hydrogen) atoms. The molecule has 3 nitrogen and oxygen atoms in total. The van der Waals surface area contributed by atoms with E-state index >= 15 is 0 Å². The summed E-state index contributed by atoms with van der Waals surface area (Å²) in [6, 6.07) is 8.70. The lowest BCUT2D eigenvalue weighted by molar-refractivity contribution is -0.0721. The number of benzene rings is 1. The minimum absolute atomic E-state index is 0.263. The molecule has 0 saturated carbocycles. The summed E-state index contributed by atoms with van der Waals surface area (Å²) < 4.78 is 11.9. The van der Waals surface area contributed by atoms with Crippen molar-refractivity contribution in [2.75, 3.05) is 7.05 Å². The van der Waals surface area contributed by atoms with Crippen LogP contribution in [0.2, 0.25) is 0 Å². The molecule has 2 rings (SSSR count). The lowest BCUT2D eigenvalue weighted by Gasteiger charge is -2.32. The normalized spacial score (nSPS) is 28.9. The smallest absolute Gasteiger partial charge is 0.120 e. The fourth-order valence-corrected chi connectivity index (χ4v) is 2.66. The molecule has 1 N–H and O–H groups in total. The van der Waals surface area contributed by atoms with Crippen LogP contribution in [-0.2, 0) is 4.74 Å². The first kappa shape index (κ1) is 14.4. The van der Waals surface area contributed by atoms with Gasteiger partial charge in [0.05, 0.1) is 12.2 Å². The van der Waals surface area contributed by atoms with Crippen molar-refractivity contribution < 1.29 is 9.47 Å². The van der Waals surface area contributed by atoms with E-state index in [1.807, 2.05) is 13.1 Å². The summed E-state index contributed by atoms with van der Waals surface area (Å²) in [5.41, 5.74) is 1.26. The van der Waals surface area contributed by atoms with Gasteiger partial charge in [0.15, 0.2) is 0 Å². The zero-order valence-electron chi connectivity index (χ0n) is 12.3. The first-order chi connectivity index (χ1) is 9.08. The van der Waals surface area contributed by atoms with E-state index in [9.17, 15) is 0 Å². The van der Waals surface area contributed by atoms with Gasteiger partial charge in [0.2, 0.25) is 0 Å². The highest BCUT2D eigenvalue weighted by molar-refractivity contribution is 5.30. The Morgan fingerprint density at radius 2 is 1.95 bits per heavy atom. The fraction of sp³-hybridized carbons (Fsp3) is 0.625. The molecule has 0 spiro atoms. The third kappa shape index (κ3) is 3.95. The molecule has 0 aliphatic carbocycles. The van der Waals surface area contributed by atoms with E-state index in [-0.39, 0.29) is 18.3 Å². The second-order valence-electron chi connectivity index (χ2n) is 5.55. The predicted molar refractivity (Wildman–Crippen MR) is 77.6 cm³/mol. The SMILES string of the molecule is CNC(C)c1cccc(OC2CC(C)OC(C)C2)c1. The summed E-state index contributed by atoms with van der Waals surface area (Å²) in [7, 11) is 1.97. The third-order valence-corrected chi connectivity index (χ3v) is 3.75. The lowest BCUT2D eigenvalue weighted by Crippen LogP contribution is -2.35. The Hall–Kier alpha value is -1.06. The van der Waals surface area contributed by atoms with E-state index in [0.717, 1.165) is 18.6 Å². The van der Waals surface area contributed by atoms with Crippen LogP contribution in [0.3, 0.4) is 0 Å². The Morgan fingerprint density at radius 1 is 1.26 bits per heavy atom. The largest absolute Gasteiger partial charge is 0.490 e. The molecule has 1 aliphatic rings. The van der Waals surface area contributed by atoms with Crippen molar-refractivity contribution in [3.63, 3.8) is 0 Å². The summed E-state index contributed by atoms with van der Waals surface area (Å²) in [6.07, 6.45) is 2.77. The van der Waals surface area contributed by atoms with E-state index in [2.05, 4.69) is 44.3 Å². The van der Waals surface area contributed by atoms with Crippen LogP contribution in [0.25, 0.3) is 0 Å². The summed E-state index contributed by atoms with van der Waals surface area (Å²) in [5, 5.41) is 3.25. The maximum Gasteiger partial charge on any atom is 0.120 e.